The maximum Gasteiger partial charge on any atom is 0.405 e. The SMILES string of the molecule is CC(CO[Si](C)(C)C(C)(C)C)Oc1ccc(-n2ccc(NC(=O)N3CCN(C(=O)C(C)(C)NC(=O)O)CC3)nc2=O)cc1. The van der Waals surface area contributed by atoms with Crippen molar-refractivity contribution in [1.29, 1.82) is 0 Å². The highest BCUT2D eigenvalue weighted by Gasteiger charge is 2.38. The minimum atomic E-state index is -1.87. The van der Waals surface area contributed by atoms with Crippen LogP contribution >= 0.6 is 0 Å². The van der Waals surface area contributed by atoms with Gasteiger partial charge in [-0.1, -0.05) is 20.8 Å². The maximum atomic E-state index is 12.8. The second-order valence-corrected chi connectivity index (χ2v) is 17.5. The number of nitrogens with one attached hydrogen (secondary N) is 2. The molecule has 2 aromatic rings. The first-order chi connectivity index (χ1) is 19.9. The van der Waals surface area contributed by atoms with Crippen LogP contribution in [0.15, 0.2) is 41.3 Å². The number of urea groups is 1. The minimum Gasteiger partial charge on any atom is -0.488 e. The Bertz CT molecular complexity index is 1360. The average Bonchev–Trinajstić information content (AvgIpc) is 2.91. The highest BCUT2D eigenvalue weighted by atomic mass is 28.4. The van der Waals surface area contributed by atoms with Crippen LogP contribution in [-0.4, -0.2) is 95.2 Å². The Morgan fingerprint density at radius 3 is 2.12 bits per heavy atom. The Kier molecular flexibility index (Phi) is 10.3. The molecule has 0 aliphatic carbocycles. The lowest BCUT2D eigenvalue weighted by atomic mass is 10.0. The first-order valence-electron chi connectivity index (χ1n) is 14.3. The van der Waals surface area contributed by atoms with Gasteiger partial charge in [0.1, 0.15) is 23.2 Å². The Balaban J connectivity index is 1.54. The van der Waals surface area contributed by atoms with Gasteiger partial charge in [0.2, 0.25) is 5.91 Å². The summed E-state index contributed by atoms with van der Waals surface area (Å²) in [4.78, 5) is 56.2. The zero-order chi connectivity index (χ0) is 32.2. The third kappa shape index (κ3) is 8.80. The van der Waals surface area contributed by atoms with E-state index in [1.54, 1.807) is 24.3 Å². The van der Waals surface area contributed by atoms with Gasteiger partial charge in [-0.15, -0.1) is 0 Å². The number of ether oxygens (including phenoxy) is 1. The van der Waals surface area contributed by atoms with Crippen LogP contribution < -0.4 is 21.1 Å². The number of carbonyl (C=O) groups is 3. The Labute approximate surface area is 253 Å². The lowest BCUT2D eigenvalue weighted by molar-refractivity contribution is -0.138. The number of hydrogen-bond donors (Lipinski definition) is 3. The van der Waals surface area contributed by atoms with E-state index in [0.717, 1.165) is 0 Å². The number of aromatic nitrogens is 2. The van der Waals surface area contributed by atoms with E-state index in [2.05, 4.69) is 49.5 Å². The van der Waals surface area contributed by atoms with Crippen LogP contribution in [0.25, 0.3) is 5.69 Å². The fourth-order valence-electron chi connectivity index (χ4n) is 4.18. The zero-order valence-corrected chi connectivity index (χ0v) is 27.3. The van der Waals surface area contributed by atoms with Crippen molar-refractivity contribution in [2.75, 3.05) is 38.1 Å². The van der Waals surface area contributed by atoms with Crippen LogP contribution in [0.4, 0.5) is 15.4 Å². The molecular weight excluding hydrogens is 572 g/mol. The Morgan fingerprint density at radius 1 is 1.00 bits per heavy atom. The Hall–Kier alpha value is -3.91. The fourth-order valence-corrected chi connectivity index (χ4v) is 5.26. The molecule has 1 unspecified atom stereocenters. The molecule has 1 atom stereocenters. The van der Waals surface area contributed by atoms with Crippen molar-refractivity contribution in [2.45, 2.75) is 71.3 Å². The Morgan fingerprint density at radius 2 is 1.58 bits per heavy atom. The normalized spacial score (nSPS) is 15.1. The van der Waals surface area contributed by atoms with E-state index in [0.29, 0.717) is 18.0 Å². The quantitative estimate of drug-likeness (QED) is 0.360. The number of anilines is 1. The first-order valence-corrected chi connectivity index (χ1v) is 17.2. The molecule has 1 fully saturated rings. The van der Waals surface area contributed by atoms with Gasteiger partial charge in [0, 0.05) is 32.4 Å². The summed E-state index contributed by atoms with van der Waals surface area (Å²) in [6.07, 6.45) is 0.103. The molecule has 236 valence electrons. The van der Waals surface area contributed by atoms with Crippen molar-refractivity contribution in [3.05, 3.63) is 47.0 Å². The molecule has 14 heteroatoms. The molecule has 1 aliphatic heterocycles. The summed E-state index contributed by atoms with van der Waals surface area (Å²) < 4.78 is 13.6. The smallest absolute Gasteiger partial charge is 0.405 e. The molecule has 1 saturated heterocycles. The molecule has 1 aromatic heterocycles. The second kappa shape index (κ2) is 13.2. The zero-order valence-electron chi connectivity index (χ0n) is 26.3. The van der Waals surface area contributed by atoms with E-state index in [4.69, 9.17) is 14.3 Å². The standard InChI is InChI=1S/C29H44N6O7Si/c1-20(19-41-43(7,8)28(2,3)4)42-22-11-9-21(10-12-22)35-14-13-23(31-26(35)38)30-25(37)34-17-15-33(16-18-34)24(36)29(5,6)32-27(39)40/h9-14,20,32H,15-19H2,1-8H3,(H,39,40)(H,30,31,37,38). The first kappa shape index (κ1) is 33.6. The van der Waals surface area contributed by atoms with Crippen LogP contribution in [0.5, 0.6) is 5.75 Å². The molecule has 1 aromatic carbocycles. The van der Waals surface area contributed by atoms with Crippen molar-refractivity contribution in [1.82, 2.24) is 24.7 Å². The summed E-state index contributed by atoms with van der Waals surface area (Å²) in [5.74, 6) is 0.389. The van der Waals surface area contributed by atoms with Crippen LogP contribution in [0, 0.1) is 0 Å². The van der Waals surface area contributed by atoms with Gasteiger partial charge in [0.15, 0.2) is 8.32 Å². The van der Waals surface area contributed by atoms with Crippen molar-refractivity contribution >= 4 is 32.2 Å². The third-order valence-corrected chi connectivity index (χ3v) is 12.3. The molecule has 13 nitrogen and oxygen atoms in total. The molecule has 0 bridgehead atoms. The topological polar surface area (TPSA) is 155 Å². The van der Waals surface area contributed by atoms with Gasteiger partial charge in [0.05, 0.1) is 12.3 Å². The summed E-state index contributed by atoms with van der Waals surface area (Å²) in [6, 6.07) is 8.16. The van der Waals surface area contributed by atoms with E-state index in [1.165, 1.54) is 40.5 Å². The highest BCUT2D eigenvalue weighted by molar-refractivity contribution is 6.74. The number of rotatable bonds is 9. The third-order valence-electron chi connectivity index (χ3n) is 7.78. The maximum absolute atomic E-state index is 12.8. The van der Waals surface area contributed by atoms with E-state index in [-0.39, 0.29) is 49.0 Å². The predicted octanol–water partition coefficient (Wildman–Crippen LogP) is 3.74. The molecule has 3 N–H and O–H groups in total. The average molecular weight is 617 g/mol. The summed E-state index contributed by atoms with van der Waals surface area (Å²) in [7, 11) is -1.87. The summed E-state index contributed by atoms with van der Waals surface area (Å²) in [6.45, 7) is 17.4. The molecule has 0 saturated carbocycles. The molecular formula is C29H44N6O7Si. The van der Waals surface area contributed by atoms with Crippen molar-refractivity contribution in [3.8, 4) is 11.4 Å². The van der Waals surface area contributed by atoms with Gasteiger partial charge >= 0.3 is 17.8 Å². The molecule has 2 heterocycles. The van der Waals surface area contributed by atoms with Gasteiger partial charge in [-0.25, -0.2) is 14.4 Å². The molecule has 43 heavy (non-hydrogen) atoms. The van der Waals surface area contributed by atoms with E-state index < -0.39 is 31.7 Å². The number of piperazine rings is 1. The number of carbonyl (C=O) groups excluding carboxylic acids is 2. The minimum absolute atomic E-state index is 0.104. The molecule has 0 spiro atoms. The number of benzene rings is 1. The van der Waals surface area contributed by atoms with Gasteiger partial charge in [0.25, 0.3) is 0 Å². The summed E-state index contributed by atoms with van der Waals surface area (Å²) in [5, 5.41) is 13.9. The molecule has 3 rings (SSSR count). The number of hydrogen-bond acceptors (Lipinski definition) is 7. The molecule has 0 radical (unpaired) electrons. The number of carboxylic acid groups (broad SMARTS) is 1. The predicted molar refractivity (Wildman–Crippen MR) is 165 cm³/mol. The van der Waals surface area contributed by atoms with E-state index in [9.17, 15) is 19.2 Å². The largest absolute Gasteiger partial charge is 0.488 e. The van der Waals surface area contributed by atoms with Crippen LogP contribution in [-0.2, 0) is 9.22 Å². The van der Waals surface area contributed by atoms with E-state index >= 15 is 0 Å². The van der Waals surface area contributed by atoms with Gasteiger partial charge in [-0.2, -0.15) is 4.98 Å². The summed E-state index contributed by atoms with van der Waals surface area (Å²) >= 11 is 0. The second-order valence-electron chi connectivity index (χ2n) is 12.7. The molecule has 4 amide bonds. The number of nitrogens with zero attached hydrogens (tertiary/aromatic N) is 4. The number of amides is 4. The monoisotopic (exact) mass is 616 g/mol. The van der Waals surface area contributed by atoms with Gasteiger partial charge < -0.3 is 29.4 Å². The van der Waals surface area contributed by atoms with Crippen LogP contribution in [0.3, 0.4) is 0 Å². The van der Waals surface area contributed by atoms with Crippen molar-refractivity contribution < 1.29 is 28.7 Å². The fraction of sp³-hybridized carbons (Fsp3) is 0.552. The van der Waals surface area contributed by atoms with E-state index in [1.807, 2.05) is 6.92 Å². The van der Waals surface area contributed by atoms with Gasteiger partial charge in [-0.05, 0) is 69.2 Å². The summed E-state index contributed by atoms with van der Waals surface area (Å²) in [5.41, 5.74) is -1.25. The lowest BCUT2D eigenvalue weighted by Crippen LogP contribution is -2.60. The van der Waals surface area contributed by atoms with Crippen molar-refractivity contribution in [3.63, 3.8) is 0 Å². The lowest BCUT2D eigenvalue weighted by Gasteiger charge is -2.38. The van der Waals surface area contributed by atoms with Crippen molar-refractivity contribution in [2.24, 2.45) is 0 Å². The van der Waals surface area contributed by atoms with Crippen LogP contribution in [0.2, 0.25) is 18.1 Å². The highest BCUT2D eigenvalue weighted by Crippen LogP contribution is 2.36. The van der Waals surface area contributed by atoms with Crippen LogP contribution in [0.1, 0.15) is 41.5 Å². The van der Waals surface area contributed by atoms with Gasteiger partial charge in [-0.3, -0.25) is 14.7 Å². The molecule has 1 aliphatic rings.